The van der Waals surface area contributed by atoms with Crippen LogP contribution in [0, 0.1) is 5.82 Å². The second-order valence-corrected chi connectivity index (χ2v) is 5.59. The van der Waals surface area contributed by atoms with Gasteiger partial charge in [-0.2, -0.15) is 0 Å². The van der Waals surface area contributed by atoms with Gasteiger partial charge in [0.2, 0.25) is 0 Å². The molecule has 1 aliphatic rings. The number of halogens is 2. The zero-order valence-electron chi connectivity index (χ0n) is 12.8. The minimum absolute atomic E-state index is 0.0630. The highest BCUT2D eigenvalue weighted by atomic mass is 35.5. The second-order valence-electron chi connectivity index (χ2n) is 5.18. The van der Waals surface area contributed by atoms with Crippen molar-refractivity contribution in [3.05, 3.63) is 47.2 Å². The van der Waals surface area contributed by atoms with Crippen molar-refractivity contribution in [3.8, 4) is 17.2 Å². The zero-order chi connectivity index (χ0) is 17.1. The Morgan fingerprint density at radius 3 is 2.71 bits per heavy atom. The lowest BCUT2D eigenvalue weighted by Crippen LogP contribution is -2.30. The molecule has 24 heavy (non-hydrogen) atoms. The summed E-state index contributed by atoms with van der Waals surface area (Å²) in [7, 11) is 0. The molecule has 7 heteroatoms. The molecular formula is C17H15ClFNO4. The average Bonchev–Trinajstić information content (AvgIpc) is 2.58. The molecular weight excluding hydrogens is 337 g/mol. The Morgan fingerprint density at radius 1 is 1.21 bits per heavy atom. The molecule has 126 valence electrons. The molecule has 1 atom stereocenters. The van der Waals surface area contributed by atoms with Crippen LogP contribution in [-0.2, 0) is 4.79 Å². The van der Waals surface area contributed by atoms with E-state index in [1.807, 2.05) is 0 Å². The van der Waals surface area contributed by atoms with Gasteiger partial charge in [-0.1, -0.05) is 11.6 Å². The first-order valence-electron chi connectivity index (χ1n) is 7.35. The van der Waals surface area contributed by atoms with Gasteiger partial charge in [0.25, 0.3) is 5.91 Å². The third-order valence-corrected chi connectivity index (χ3v) is 3.67. The lowest BCUT2D eigenvalue weighted by Gasteiger charge is -2.19. The molecule has 1 amide bonds. The molecule has 0 aliphatic carbocycles. The number of rotatable bonds is 4. The molecule has 1 N–H and O–H groups in total. The lowest BCUT2D eigenvalue weighted by molar-refractivity contribution is -0.122. The van der Waals surface area contributed by atoms with Crippen LogP contribution in [-0.4, -0.2) is 25.2 Å². The number of hydrogen-bond donors (Lipinski definition) is 1. The van der Waals surface area contributed by atoms with Crippen LogP contribution in [0.3, 0.4) is 0 Å². The van der Waals surface area contributed by atoms with Gasteiger partial charge in [-0.15, -0.1) is 0 Å². The number of carbonyl (C=O) groups excluding carboxylic acids is 1. The Kier molecular flexibility index (Phi) is 4.76. The number of hydrogen-bond acceptors (Lipinski definition) is 4. The molecule has 0 aromatic heterocycles. The van der Waals surface area contributed by atoms with Crippen molar-refractivity contribution < 1.29 is 23.4 Å². The van der Waals surface area contributed by atoms with Gasteiger partial charge in [0.15, 0.2) is 17.6 Å². The van der Waals surface area contributed by atoms with Gasteiger partial charge >= 0.3 is 0 Å². The smallest absolute Gasteiger partial charge is 0.265 e. The molecule has 0 saturated carbocycles. The van der Waals surface area contributed by atoms with E-state index in [1.54, 1.807) is 25.1 Å². The topological polar surface area (TPSA) is 56.8 Å². The number of nitrogens with one attached hydrogen (secondary N) is 1. The van der Waals surface area contributed by atoms with E-state index in [4.69, 9.17) is 25.8 Å². The summed E-state index contributed by atoms with van der Waals surface area (Å²) in [6.07, 6.45) is -0.792. The fourth-order valence-electron chi connectivity index (χ4n) is 2.17. The third-order valence-electron chi connectivity index (χ3n) is 3.38. The first kappa shape index (κ1) is 16.4. The summed E-state index contributed by atoms with van der Waals surface area (Å²) < 4.78 is 29.5. The van der Waals surface area contributed by atoms with Crippen molar-refractivity contribution in [2.45, 2.75) is 13.0 Å². The number of fused-ring (bicyclic) bond motifs is 1. The van der Waals surface area contributed by atoms with Crippen molar-refractivity contribution in [1.29, 1.82) is 0 Å². The van der Waals surface area contributed by atoms with Crippen molar-refractivity contribution >= 4 is 23.2 Å². The summed E-state index contributed by atoms with van der Waals surface area (Å²) in [5.74, 6) is 0.637. The fourth-order valence-corrected chi connectivity index (χ4v) is 2.34. The van der Waals surface area contributed by atoms with Gasteiger partial charge in [-0.25, -0.2) is 4.39 Å². The van der Waals surface area contributed by atoms with E-state index in [0.29, 0.717) is 36.1 Å². The lowest BCUT2D eigenvalue weighted by atomic mass is 10.2. The van der Waals surface area contributed by atoms with Gasteiger partial charge in [-0.05, 0) is 31.2 Å². The Labute approximate surface area is 143 Å². The Morgan fingerprint density at radius 2 is 1.96 bits per heavy atom. The molecule has 0 saturated heterocycles. The molecule has 0 bridgehead atoms. The van der Waals surface area contributed by atoms with Gasteiger partial charge in [0.1, 0.15) is 24.8 Å². The first-order chi connectivity index (χ1) is 11.5. The molecule has 3 rings (SSSR count). The highest BCUT2D eigenvalue weighted by molar-refractivity contribution is 6.30. The zero-order valence-corrected chi connectivity index (χ0v) is 13.6. The number of ether oxygens (including phenoxy) is 3. The molecule has 5 nitrogen and oxygen atoms in total. The van der Waals surface area contributed by atoms with Gasteiger partial charge < -0.3 is 19.5 Å². The van der Waals surface area contributed by atoms with Crippen LogP contribution in [0.15, 0.2) is 36.4 Å². The van der Waals surface area contributed by atoms with Crippen LogP contribution < -0.4 is 19.5 Å². The van der Waals surface area contributed by atoms with E-state index >= 15 is 0 Å². The van der Waals surface area contributed by atoms with Gasteiger partial charge in [0, 0.05) is 17.8 Å². The number of anilines is 1. The quantitative estimate of drug-likeness (QED) is 0.913. The summed E-state index contributed by atoms with van der Waals surface area (Å²) in [6, 6.07) is 9.05. The predicted molar refractivity (Wildman–Crippen MR) is 87.6 cm³/mol. The molecule has 0 fully saturated rings. The van der Waals surface area contributed by atoms with Crippen molar-refractivity contribution in [2.75, 3.05) is 18.5 Å². The maximum Gasteiger partial charge on any atom is 0.265 e. The normalized spacial score (nSPS) is 14.0. The van der Waals surface area contributed by atoms with E-state index in [2.05, 4.69) is 5.32 Å². The van der Waals surface area contributed by atoms with Crippen molar-refractivity contribution in [2.24, 2.45) is 0 Å². The average molecular weight is 352 g/mol. The second kappa shape index (κ2) is 6.97. The molecule has 1 aliphatic heterocycles. The van der Waals surface area contributed by atoms with Crippen molar-refractivity contribution in [1.82, 2.24) is 0 Å². The standard InChI is InChI=1S/C17H15ClFNO4/c1-10(24-12-3-4-14(19)13(18)9-12)17(21)20-11-2-5-15-16(8-11)23-7-6-22-15/h2-5,8-10H,6-7H2,1H3,(H,20,21)/t10-/m0/s1. The predicted octanol–water partition coefficient (Wildman–Crippen LogP) is 3.66. The fraction of sp³-hybridized carbons (Fsp3) is 0.235. The minimum atomic E-state index is -0.792. The van der Waals surface area contributed by atoms with Crippen LogP contribution in [0.5, 0.6) is 17.2 Å². The van der Waals surface area contributed by atoms with Crippen LogP contribution >= 0.6 is 11.6 Å². The van der Waals surface area contributed by atoms with Gasteiger partial charge in [0.05, 0.1) is 5.02 Å². The van der Waals surface area contributed by atoms with E-state index in [1.165, 1.54) is 18.2 Å². The van der Waals surface area contributed by atoms with Crippen LogP contribution in [0.25, 0.3) is 0 Å². The summed E-state index contributed by atoms with van der Waals surface area (Å²) >= 11 is 5.69. The maximum absolute atomic E-state index is 13.1. The van der Waals surface area contributed by atoms with E-state index < -0.39 is 11.9 Å². The summed E-state index contributed by atoms with van der Waals surface area (Å²) in [4.78, 5) is 12.2. The number of carbonyl (C=O) groups is 1. The molecule has 2 aromatic carbocycles. The van der Waals surface area contributed by atoms with Crippen LogP contribution in [0.2, 0.25) is 5.02 Å². The van der Waals surface area contributed by atoms with Crippen LogP contribution in [0.1, 0.15) is 6.92 Å². The first-order valence-corrected chi connectivity index (χ1v) is 7.73. The van der Waals surface area contributed by atoms with Gasteiger partial charge in [-0.3, -0.25) is 4.79 Å². The molecule has 1 heterocycles. The Bertz CT molecular complexity index is 768. The monoisotopic (exact) mass is 351 g/mol. The molecule has 2 aromatic rings. The Balaban J connectivity index is 1.64. The van der Waals surface area contributed by atoms with E-state index in [0.717, 1.165) is 0 Å². The van der Waals surface area contributed by atoms with Crippen molar-refractivity contribution in [3.63, 3.8) is 0 Å². The molecule has 0 radical (unpaired) electrons. The van der Waals surface area contributed by atoms with E-state index in [-0.39, 0.29) is 10.9 Å². The highest BCUT2D eigenvalue weighted by Gasteiger charge is 2.17. The molecule has 0 unspecified atom stereocenters. The largest absolute Gasteiger partial charge is 0.486 e. The summed E-state index contributed by atoms with van der Waals surface area (Å²) in [6.45, 7) is 2.56. The highest BCUT2D eigenvalue weighted by Crippen LogP contribution is 2.32. The van der Waals surface area contributed by atoms with E-state index in [9.17, 15) is 9.18 Å². The molecule has 0 spiro atoms. The Hall–Kier alpha value is -2.47. The summed E-state index contributed by atoms with van der Waals surface area (Å²) in [5.41, 5.74) is 0.567. The maximum atomic E-state index is 13.1. The summed E-state index contributed by atoms with van der Waals surface area (Å²) in [5, 5.41) is 2.67. The minimum Gasteiger partial charge on any atom is -0.486 e. The van der Waals surface area contributed by atoms with Crippen LogP contribution in [0.4, 0.5) is 10.1 Å². The third kappa shape index (κ3) is 3.71. The number of amides is 1. The number of benzene rings is 2. The SMILES string of the molecule is C[C@H](Oc1ccc(F)c(Cl)c1)C(=O)Nc1ccc2c(c1)OCCO2.